The number of hydrogen-bond donors (Lipinski definition) is 0. The van der Waals surface area contributed by atoms with E-state index in [1.54, 1.807) is 6.21 Å². The second-order valence-corrected chi connectivity index (χ2v) is 9.56. The normalized spacial score (nSPS) is 23.4. The van der Waals surface area contributed by atoms with Gasteiger partial charge in [-0.2, -0.15) is 9.52 Å². The van der Waals surface area contributed by atoms with Gasteiger partial charge in [0.25, 0.3) is 10.0 Å². The third-order valence-electron chi connectivity index (χ3n) is 5.07. The van der Waals surface area contributed by atoms with E-state index < -0.39 is 14.8 Å². The first-order valence-electron chi connectivity index (χ1n) is 8.99. The van der Waals surface area contributed by atoms with Crippen molar-refractivity contribution in [3.63, 3.8) is 0 Å². The Labute approximate surface area is 156 Å². The third kappa shape index (κ3) is 3.40. The predicted molar refractivity (Wildman–Crippen MR) is 108 cm³/mol. The van der Waals surface area contributed by atoms with Crippen LogP contribution in [0.2, 0.25) is 0 Å². The Bertz CT molecular complexity index is 882. The average Bonchev–Trinajstić information content (AvgIpc) is 2.64. The fourth-order valence-electron chi connectivity index (χ4n) is 3.53. The molecule has 1 aromatic rings. The van der Waals surface area contributed by atoms with Gasteiger partial charge >= 0.3 is 0 Å². The van der Waals surface area contributed by atoms with Crippen LogP contribution in [0.1, 0.15) is 45.1 Å². The summed E-state index contributed by atoms with van der Waals surface area (Å²) in [6, 6.07) is 9.97. The van der Waals surface area contributed by atoms with Crippen molar-refractivity contribution in [2.24, 2.45) is 5.10 Å². The molecule has 1 atom stereocenters. The van der Waals surface area contributed by atoms with Crippen molar-refractivity contribution in [1.29, 1.82) is 0 Å². The molecule has 0 saturated heterocycles. The second kappa shape index (κ2) is 7.23. The van der Waals surface area contributed by atoms with Crippen LogP contribution in [0.4, 0.5) is 0 Å². The summed E-state index contributed by atoms with van der Waals surface area (Å²) in [5.41, 5.74) is 3.92. The number of rotatable bonds is 5. The maximum Gasteiger partial charge on any atom is 0.259 e. The Morgan fingerprint density at radius 1 is 1.27 bits per heavy atom. The molecule has 0 aromatic heterocycles. The van der Waals surface area contributed by atoms with Crippen LogP contribution < -0.4 is 0 Å². The highest BCUT2D eigenvalue weighted by Gasteiger charge is 2.47. The van der Waals surface area contributed by atoms with Gasteiger partial charge < -0.3 is 0 Å². The molecule has 0 spiro atoms. The van der Waals surface area contributed by atoms with Crippen LogP contribution >= 0.6 is 0 Å². The molecule has 5 heteroatoms. The molecule has 1 aliphatic heterocycles. The van der Waals surface area contributed by atoms with Crippen molar-refractivity contribution in [3.05, 3.63) is 65.8 Å². The number of hydrazone groups is 1. The molecular weight excluding hydrogens is 344 g/mol. The van der Waals surface area contributed by atoms with Gasteiger partial charge in [-0.1, -0.05) is 54.6 Å². The summed E-state index contributed by atoms with van der Waals surface area (Å²) < 4.78 is 27.4. The Morgan fingerprint density at radius 2 is 2.00 bits per heavy atom. The summed E-state index contributed by atoms with van der Waals surface area (Å²) in [7, 11) is -3.64. The minimum absolute atomic E-state index is 0.435. The fraction of sp³-hybridized carbons (Fsp3) is 0.381. The number of sulfonamides is 1. The lowest BCUT2D eigenvalue weighted by atomic mass is 9.82. The minimum atomic E-state index is -3.64. The van der Waals surface area contributed by atoms with Crippen molar-refractivity contribution in [2.75, 3.05) is 6.54 Å². The first-order valence-corrected chi connectivity index (χ1v) is 10.4. The Balaban J connectivity index is 2.06. The molecule has 0 N–H and O–H groups in total. The highest BCUT2D eigenvalue weighted by molar-refractivity contribution is 7.90. The maximum atomic E-state index is 13.5. The van der Waals surface area contributed by atoms with E-state index in [0.29, 0.717) is 19.4 Å². The van der Waals surface area contributed by atoms with E-state index in [-0.39, 0.29) is 0 Å². The predicted octanol–water partition coefficient (Wildman–Crippen LogP) is 4.54. The molecule has 138 valence electrons. The monoisotopic (exact) mass is 370 g/mol. The second-order valence-electron chi connectivity index (χ2n) is 7.28. The van der Waals surface area contributed by atoms with Crippen LogP contribution in [0.25, 0.3) is 5.57 Å². The van der Waals surface area contributed by atoms with Crippen LogP contribution in [0.5, 0.6) is 0 Å². The first kappa shape index (κ1) is 18.6. The van der Waals surface area contributed by atoms with Gasteiger partial charge in [-0.15, -0.1) is 0 Å². The molecule has 0 bridgehead atoms. The molecule has 26 heavy (non-hydrogen) atoms. The highest BCUT2D eigenvalue weighted by Crippen LogP contribution is 2.43. The topological polar surface area (TPSA) is 49.7 Å². The van der Waals surface area contributed by atoms with Crippen LogP contribution in [0.3, 0.4) is 0 Å². The number of allylic oxidation sites excluding steroid dienone is 4. The van der Waals surface area contributed by atoms with Crippen molar-refractivity contribution < 1.29 is 8.42 Å². The Hall–Kier alpha value is -2.14. The minimum Gasteiger partial charge on any atom is -0.204 e. The molecule has 2 aliphatic rings. The van der Waals surface area contributed by atoms with Crippen LogP contribution in [0, 0.1) is 0 Å². The van der Waals surface area contributed by atoms with Crippen molar-refractivity contribution in [2.45, 2.75) is 44.3 Å². The summed E-state index contributed by atoms with van der Waals surface area (Å²) in [6.07, 6.45) is 8.35. The average molecular weight is 371 g/mol. The standard InChI is InChI=1S/C21H26N2O2S/c1-17(2)15-20-12-11-19(18-9-5-4-6-10-18)16-21(20,3)26(24,25)23-14-8-7-13-22-23/h4-6,9-13H,1,7-8,14-16H2,2-3H3/t21-/m0/s1. The fourth-order valence-corrected chi connectivity index (χ4v) is 5.37. The van der Waals surface area contributed by atoms with Crippen LogP contribution in [-0.4, -0.2) is 30.3 Å². The third-order valence-corrected chi connectivity index (χ3v) is 7.45. The molecule has 0 fully saturated rings. The summed E-state index contributed by atoms with van der Waals surface area (Å²) in [5, 5.41) is 4.18. The van der Waals surface area contributed by atoms with E-state index in [9.17, 15) is 8.42 Å². The van der Waals surface area contributed by atoms with Gasteiger partial charge in [0.1, 0.15) is 4.75 Å². The van der Waals surface area contributed by atoms with Crippen LogP contribution in [0.15, 0.2) is 65.3 Å². The van der Waals surface area contributed by atoms with Crippen molar-refractivity contribution in [1.82, 2.24) is 4.41 Å². The van der Waals surface area contributed by atoms with E-state index in [1.165, 1.54) is 4.41 Å². The first-order chi connectivity index (χ1) is 12.3. The van der Waals surface area contributed by atoms with Crippen molar-refractivity contribution in [3.8, 4) is 0 Å². The van der Waals surface area contributed by atoms with Crippen molar-refractivity contribution >= 4 is 21.8 Å². The highest BCUT2D eigenvalue weighted by atomic mass is 32.2. The zero-order valence-corrected chi connectivity index (χ0v) is 16.3. The zero-order chi connectivity index (χ0) is 18.8. The van der Waals surface area contributed by atoms with E-state index in [0.717, 1.165) is 35.1 Å². The summed E-state index contributed by atoms with van der Waals surface area (Å²) in [4.78, 5) is 0. The lowest BCUT2D eigenvalue weighted by Crippen LogP contribution is -2.47. The molecule has 1 heterocycles. The lowest BCUT2D eigenvalue weighted by molar-refractivity contribution is 0.395. The molecule has 3 rings (SSSR count). The molecule has 0 radical (unpaired) electrons. The molecule has 0 amide bonds. The van der Waals surface area contributed by atoms with Gasteiger partial charge in [0.15, 0.2) is 0 Å². The van der Waals surface area contributed by atoms with Gasteiger partial charge in [-0.05, 0) is 56.2 Å². The summed E-state index contributed by atoms with van der Waals surface area (Å²) >= 11 is 0. The lowest BCUT2D eigenvalue weighted by Gasteiger charge is -2.39. The summed E-state index contributed by atoms with van der Waals surface area (Å²) in [6.45, 7) is 8.20. The van der Waals surface area contributed by atoms with Gasteiger partial charge in [-0.3, -0.25) is 0 Å². The van der Waals surface area contributed by atoms with E-state index in [2.05, 4.69) is 11.7 Å². The molecule has 1 aliphatic carbocycles. The van der Waals surface area contributed by atoms with Gasteiger partial charge in [0, 0.05) is 6.21 Å². The number of hydrogen-bond acceptors (Lipinski definition) is 3. The number of nitrogens with zero attached hydrogens (tertiary/aromatic N) is 2. The molecule has 1 aromatic carbocycles. The van der Waals surface area contributed by atoms with E-state index in [4.69, 9.17) is 0 Å². The van der Waals surface area contributed by atoms with E-state index >= 15 is 0 Å². The molecule has 0 saturated carbocycles. The van der Waals surface area contributed by atoms with Crippen LogP contribution in [-0.2, 0) is 10.0 Å². The molecule has 4 nitrogen and oxygen atoms in total. The smallest absolute Gasteiger partial charge is 0.204 e. The van der Waals surface area contributed by atoms with Gasteiger partial charge in [0.05, 0.1) is 6.54 Å². The molecule has 0 unspecified atom stereocenters. The van der Waals surface area contributed by atoms with Gasteiger partial charge in [-0.25, -0.2) is 8.42 Å². The Morgan fingerprint density at radius 3 is 2.62 bits per heavy atom. The zero-order valence-electron chi connectivity index (χ0n) is 15.5. The van der Waals surface area contributed by atoms with E-state index in [1.807, 2.05) is 56.3 Å². The Kier molecular flexibility index (Phi) is 5.19. The molecular formula is C21H26N2O2S. The SMILES string of the molecule is C=C(C)CC1=CC=C(c2ccccc2)C[C@]1(C)S(=O)(=O)N1CCCC=N1. The largest absolute Gasteiger partial charge is 0.259 e. The summed E-state index contributed by atoms with van der Waals surface area (Å²) in [5.74, 6) is 0. The number of benzene rings is 1. The maximum absolute atomic E-state index is 13.5. The quantitative estimate of drug-likeness (QED) is 0.715. The van der Waals surface area contributed by atoms with Gasteiger partial charge in [0.2, 0.25) is 0 Å².